The Kier molecular flexibility index (Phi) is 9.87. The summed E-state index contributed by atoms with van der Waals surface area (Å²) in [6, 6.07) is 35.5. The molecule has 0 spiro atoms. The zero-order valence-electron chi connectivity index (χ0n) is 33.2. The van der Waals surface area contributed by atoms with Gasteiger partial charge in [0.25, 0.3) is 0 Å². The van der Waals surface area contributed by atoms with Gasteiger partial charge in [0.1, 0.15) is 0 Å². The standard InChI is InChI=1S/C48H42ClN5O6/c1-4-60-41-25-28(13-24-40(41)55)43-36-22-23-37-42(46(58)53(44(37)56)34-20-16-32(17-21-34)51-50-31-14-18-33(19-15-31)52(2)3)38(36)27-39-45(57)54(35-12-8-11-30(49)26-35)47(59)48(39,43)29-9-6-5-7-10-29/h5-22,24-26,37-39,42-43,55H,4,23,27H2,1-3H3/t37-,38+,39-,42-,43-,48+/m0/s1. The van der Waals surface area contributed by atoms with Gasteiger partial charge in [-0.15, -0.1) is 0 Å². The van der Waals surface area contributed by atoms with Gasteiger partial charge in [-0.3, -0.25) is 24.1 Å². The largest absolute Gasteiger partial charge is 0.504 e. The summed E-state index contributed by atoms with van der Waals surface area (Å²) in [5.41, 5.74) is 3.67. The van der Waals surface area contributed by atoms with Gasteiger partial charge in [-0.1, -0.05) is 65.7 Å². The molecule has 0 aromatic heterocycles. The third-order valence-electron chi connectivity index (χ3n) is 12.5. The number of azo groups is 1. The minimum Gasteiger partial charge on any atom is -0.504 e. The molecule has 2 aliphatic heterocycles. The number of phenols is 1. The van der Waals surface area contributed by atoms with E-state index >= 15 is 9.59 Å². The number of allylic oxidation sites excluding steroid dienone is 2. The van der Waals surface area contributed by atoms with E-state index in [0.717, 1.165) is 11.3 Å². The zero-order valence-corrected chi connectivity index (χ0v) is 34.0. The van der Waals surface area contributed by atoms with Crippen molar-refractivity contribution in [3.63, 3.8) is 0 Å². The van der Waals surface area contributed by atoms with E-state index in [2.05, 4.69) is 10.2 Å². The Hall–Kier alpha value is -6.59. The number of halogens is 1. The van der Waals surface area contributed by atoms with Gasteiger partial charge in [0, 0.05) is 30.7 Å². The van der Waals surface area contributed by atoms with Crippen LogP contribution in [0.5, 0.6) is 11.5 Å². The Labute approximate surface area is 352 Å². The van der Waals surface area contributed by atoms with E-state index in [1.165, 1.54) is 15.9 Å². The van der Waals surface area contributed by atoms with Crippen molar-refractivity contribution < 1.29 is 29.0 Å². The maximum Gasteiger partial charge on any atom is 0.246 e. The molecule has 5 aromatic rings. The van der Waals surface area contributed by atoms with Crippen molar-refractivity contribution in [3.05, 3.63) is 149 Å². The molecule has 2 saturated heterocycles. The molecule has 1 N–H and O–H groups in total. The lowest BCUT2D eigenvalue weighted by molar-refractivity contribution is -0.127. The monoisotopic (exact) mass is 819 g/mol. The fourth-order valence-corrected chi connectivity index (χ4v) is 10.1. The van der Waals surface area contributed by atoms with Crippen molar-refractivity contribution in [1.29, 1.82) is 0 Å². The molecule has 4 aliphatic rings. The van der Waals surface area contributed by atoms with Crippen molar-refractivity contribution >= 4 is 63.7 Å². The van der Waals surface area contributed by atoms with Crippen LogP contribution in [-0.2, 0) is 24.6 Å². The van der Waals surface area contributed by atoms with Crippen LogP contribution in [0.15, 0.2) is 143 Å². The lowest BCUT2D eigenvalue weighted by atomic mass is 9.49. The molecule has 12 heteroatoms. The molecule has 9 rings (SSSR count). The van der Waals surface area contributed by atoms with Gasteiger partial charge in [0.15, 0.2) is 11.5 Å². The van der Waals surface area contributed by atoms with E-state index in [0.29, 0.717) is 38.9 Å². The van der Waals surface area contributed by atoms with E-state index in [9.17, 15) is 14.7 Å². The third kappa shape index (κ3) is 6.18. The third-order valence-corrected chi connectivity index (χ3v) is 12.8. The lowest BCUT2D eigenvalue weighted by Crippen LogP contribution is -2.53. The van der Waals surface area contributed by atoms with Crippen molar-refractivity contribution in [1.82, 2.24) is 0 Å². The number of fused-ring (bicyclic) bond motifs is 4. The second-order valence-electron chi connectivity index (χ2n) is 15.9. The molecule has 4 amide bonds. The lowest BCUT2D eigenvalue weighted by Gasteiger charge is -2.50. The van der Waals surface area contributed by atoms with Crippen molar-refractivity contribution in [3.8, 4) is 11.5 Å². The number of rotatable bonds is 9. The number of hydrogen-bond donors (Lipinski definition) is 1. The normalized spacial score (nSPS) is 24.7. The number of anilines is 3. The van der Waals surface area contributed by atoms with Gasteiger partial charge in [-0.25, -0.2) is 4.90 Å². The Morgan fingerprint density at radius 1 is 0.767 bits per heavy atom. The summed E-state index contributed by atoms with van der Waals surface area (Å²) in [5.74, 6) is -5.05. The van der Waals surface area contributed by atoms with Gasteiger partial charge in [-0.2, -0.15) is 10.2 Å². The summed E-state index contributed by atoms with van der Waals surface area (Å²) in [7, 11) is 3.93. The first kappa shape index (κ1) is 38.9. The van der Waals surface area contributed by atoms with E-state index in [1.807, 2.05) is 86.6 Å². The zero-order chi connectivity index (χ0) is 41.9. The van der Waals surface area contributed by atoms with Gasteiger partial charge in [0.2, 0.25) is 23.6 Å². The molecule has 11 nitrogen and oxygen atoms in total. The fraction of sp³-hybridized carbons (Fsp3) is 0.250. The number of nitrogens with zero attached hydrogens (tertiary/aromatic N) is 5. The minimum atomic E-state index is -1.46. The minimum absolute atomic E-state index is 0.0660. The summed E-state index contributed by atoms with van der Waals surface area (Å²) in [6.07, 6.45) is 2.42. The second-order valence-corrected chi connectivity index (χ2v) is 16.3. The highest BCUT2D eigenvalue weighted by molar-refractivity contribution is 6.32. The van der Waals surface area contributed by atoms with Crippen LogP contribution in [0.2, 0.25) is 5.02 Å². The number of carbonyl (C=O) groups excluding carboxylic acids is 4. The number of aromatic hydroxyl groups is 1. The van der Waals surface area contributed by atoms with Crippen LogP contribution in [0, 0.1) is 23.7 Å². The molecule has 302 valence electrons. The van der Waals surface area contributed by atoms with Crippen LogP contribution in [0.25, 0.3) is 0 Å². The number of ether oxygens (including phenoxy) is 1. The molecule has 5 aromatic carbocycles. The first-order valence-corrected chi connectivity index (χ1v) is 20.4. The maximum absolute atomic E-state index is 15.5. The van der Waals surface area contributed by atoms with Crippen LogP contribution in [0.4, 0.5) is 28.4 Å². The number of imide groups is 2. The number of benzene rings is 5. The smallest absolute Gasteiger partial charge is 0.246 e. The highest BCUT2D eigenvalue weighted by atomic mass is 35.5. The van der Waals surface area contributed by atoms with E-state index in [4.69, 9.17) is 16.3 Å². The number of phenolic OH excluding ortho intramolecular Hbond substituents is 1. The Balaban J connectivity index is 1.12. The van der Waals surface area contributed by atoms with Gasteiger partial charge in [0.05, 0.1) is 52.5 Å². The summed E-state index contributed by atoms with van der Waals surface area (Å²) in [5, 5.41) is 19.9. The Morgan fingerprint density at radius 3 is 2.13 bits per heavy atom. The molecule has 60 heavy (non-hydrogen) atoms. The van der Waals surface area contributed by atoms with Crippen molar-refractivity contribution in [2.45, 2.75) is 31.1 Å². The van der Waals surface area contributed by atoms with Crippen LogP contribution in [0.3, 0.4) is 0 Å². The topological polar surface area (TPSA) is 132 Å². The van der Waals surface area contributed by atoms with E-state index in [1.54, 1.807) is 60.7 Å². The molecule has 0 radical (unpaired) electrons. The predicted molar refractivity (Wildman–Crippen MR) is 229 cm³/mol. The SMILES string of the molecule is CCOc1cc([C@H]2C3=CC[C@@H]4C(=O)N(c5ccc(N=Nc6ccc(N(C)C)cc6)cc5)C(=O)[C@@H]4[C@@H]3C[C@H]3C(=O)N(c4cccc(Cl)c4)C(=O)[C@@]23c2ccccc2)ccc1O. The summed E-state index contributed by atoms with van der Waals surface area (Å²) < 4.78 is 5.86. The maximum atomic E-state index is 15.5. The van der Waals surface area contributed by atoms with Crippen LogP contribution < -0.4 is 19.4 Å². The molecule has 2 heterocycles. The summed E-state index contributed by atoms with van der Waals surface area (Å²) in [4.78, 5) is 64.2. The average Bonchev–Trinajstić information content (AvgIpc) is 3.65. The average molecular weight is 820 g/mol. The summed E-state index contributed by atoms with van der Waals surface area (Å²) >= 11 is 6.45. The number of amides is 4. The highest BCUT2D eigenvalue weighted by Crippen LogP contribution is 2.65. The molecule has 3 fully saturated rings. The first-order chi connectivity index (χ1) is 29.0. The van der Waals surface area contributed by atoms with Crippen LogP contribution >= 0.6 is 11.6 Å². The van der Waals surface area contributed by atoms with Gasteiger partial charge < -0.3 is 14.7 Å². The fourth-order valence-electron chi connectivity index (χ4n) is 9.96. The van der Waals surface area contributed by atoms with Crippen molar-refractivity contribution in [2.24, 2.45) is 33.9 Å². The Morgan fingerprint density at radius 2 is 1.47 bits per heavy atom. The van der Waals surface area contributed by atoms with Crippen LogP contribution in [-0.4, -0.2) is 49.4 Å². The molecule has 1 saturated carbocycles. The quantitative estimate of drug-likeness (QED) is 0.0891. The molecule has 0 bridgehead atoms. The first-order valence-electron chi connectivity index (χ1n) is 20.0. The van der Waals surface area contributed by atoms with Crippen molar-refractivity contribution in [2.75, 3.05) is 35.4 Å². The molecule has 2 aliphatic carbocycles. The van der Waals surface area contributed by atoms with Gasteiger partial charge >= 0.3 is 0 Å². The molecule has 0 unspecified atom stereocenters. The molecular weight excluding hydrogens is 778 g/mol. The van der Waals surface area contributed by atoms with E-state index in [-0.39, 0.29) is 42.8 Å². The van der Waals surface area contributed by atoms with Crippen LogP contribution in [0.1, 0.15) is 36.8 Å². The second kappa shape index (κ2) is 15.2. The predicted octanol–water partition coefficient (Wildman–Crippen LogP) is 9.29. The molecule has 6 atom stereocenters. The van der Waals surface area contributed by atoms with E-state index < -0.39 is 46.8 Å². The Bertz CT molecular complexity index is 2590. The molecular formula is C48H42ClN5O6. The van der Waals surface area contributed by atoms with Gasteiger partial charge in [-0.05, 0) is 116 Å². The number of carbonyl (C=O) groups is 4. The highest BCUT2D eigenvalue weighted by Gasteiger charge is 2.70. The number of hydrogen-bond acceptors (Lipinski definition) is 9. The summed E-state index contributed by atoms with van der Waals surface area (Å²) in [6.45, 7) is 2.10.